The van der Waals surface area contributed by atoms with Crippen molar-refractivity contribution in [3.05, 3.63) is 53.1 Å². The van der Waals surface area contributed by atoms with Gasteiger partial charge in [0, 0.05) is 25.8 Å². The van der Waals surface area contributed by atoms with Crippen LogP contribution >= 0.6 is 11.6 Å². The lowest BCUT2D eigenvalue weighted by molar-refractivity contribution is -0.116. The van der Waals surface area contributed by atoms with Gasteiger partial charge in [0.15, 0.2) is 0 Å². The lowest BCUT2D eigenvalue weighted by Gasteiger charge is -2.23. The average molecular weight is 441 g/mol. The number of nitrogens with zero attached hydrogens (tertiary/aromatic N) is 1. The maximum atomic E-state index is 12.2. The van der Waals surface area contributed by atoms with Crippen molar-refractivity contribution in [3.8, 4) is 5.75 Å². The van der Waals surface area contributed by atoms with Gasteiger partial charge in [-0.1, -0.05) is 23.7 Å². The molecule has 0 fully saturated rings. The van der Waals surface area contributed by atoms with Crippen LogP contribution in [0.2, 0.25) is 5.02 Å². The maximum Gasteiger partial charge on any atom is 0.232 e. The highest BCUT2D eigenvalue weighted by Crippen LogP contribution is 2.30. The molecule has 0 aliphatic rings. The van der Waals surface area contributed by atoms with Crippen LogP contribution in [0.1, 0.15) is 18.4 Å². The van der Waals surface area contributed by atoms with Crippen molar-refractivity contribution in [2.24, 2.45) is 0 Å². The first-order valence-electron chi connectivity index (χ1n) is 8.93. The summed E-state index contributed by atoms with van der Waals surface area (Å²) in [5.74, 6) is 0.264. The highest BCUT2D eigenvalue weighted by molar-refractivity contribution is 7.92. The SMILES string of the molecule is COCc1cccc(NC(=O)CCCN(c2ccc(OC)c(Cl)c2)S(C)(=O)=O)c1. The Morgan fingerprint density at radius 2 is 1.93 bits per heavy atom. The summed E-state index contributed by atoms with van der Waals surface area (Å²) in [6.07, 6.45) is 1.64. The van der Waals surface area contributed by atoms with Crippen molar-refractivity contribution in [2.45, 2.75) is 19.4 Å². The lowest BCUT2D eigenvalue weighted by Crippen LogP contribution is -2.31. The Balaban J connectivity index is 1.99. The van der Waals surface area contributed by atoms with Crippen molar-refractivity contribution in [1.29, 1.82) is 0 Å². The van der Waals surface area contributed by atoms with Gasteiger partial charge in [0.1, 0.15) is 5.75 Å². The van der Waals surface area contributed by atoms with E-state index in [1.807, 2.05) is 18.2 Å². The summed E-state index contributed by atoms with van der Waals surface area (Å²) >= 11 is 6.11. The Labute approximate surface area is 176 Å². The molecule has 2 rings (SSSR count). The number of carbonyl (C=O) groups excluding carboxylic acids is 1. The second-order valence-corrected chi connectivity index (χ2v) is 8.75. The van der Waals surface area contributed by atoms with E-state index in [9.17, 15) is 13.2 Å². The number of carbonyl (C=O) groups is 1. The van der Waals surface area contributed by atoms with Crippen LogP contribution in [0.3, 0.4) is 0 Å². The third kappa shape index (κ3) is 6.92. The largest absolute Gasteiger partial charge is 0.495 e. The minimum Gasteiger partial charge on any atom is -0.495 e. The molecule has 2 aromatic carbocycles. The smallest absolute Gasteiger partial charge is 0.232 e. The van der Waals surface area contributed by atoms with Crippen LogP contribution in [0.5, 0.6) is 5.75 Å². The fraction of sp³-hybridized carbons (Fsp3) is 0.350. The Bertz CT molecular complexity index is 950. The molecule has 0 heterocycles. The molecule has 0 radical (unpaired) electrons. The zero-order valence-corrected chi connectivity index (χ0v) is 18.2. The van der Waals surface area contributed by atoms with Crippen LogP contribution in [0, 0.1) is 0 Å². The van der Waals surface area contributed by atoms with E-state index in [-0.39, 0.29) is 18.9 Å². The van der Waals surface area contributed by atoms with Gasteiger partial charge in [-0.2, -0.15) is 0 Å². The third-order valence-electron chi connectivity index (χ3n) is 4.11. The Morgan fingerprint density at radius 1 is 1.17 bits per heavy atom. The molecule has 29 heavy (non-hydrogen) atoms. The molecule has 2 aromatic rings. The van der Waals surface area contributed by atoms with Gasteiger partial charge in [-0.3, -0.25) is 9.10 Å². The van der Waals surface area contributed by atoms with Crippen molar-refractivity contribution in [2.75, 3.05) is 36.6 Å². The van der Waals surface area contributed by atoms with Crippen LogP contribution in [-0.2, 0) is 26.2 Å². The maximum absolute atomic E-state index is 12.2. The van der Waals surface area contributed by atoms with Gasteiger partial charge in [-0.05, 0) is 42.3 Å². The molecular formula is C20H25ClN2O5S. The number of benzene rings is 2. The molecule has 0 aromatic heterocycles. The Kier molecular flexibility index (Phi) is 8.31. The molecule has 1 N–H and O–H groups in total. The van der Waals surface area contributed by atoms with Gasteiger partial charge in [-0.25, -0.2) is 8.42 Å². The second kappa shape index (κ2) is 10.5. The minimum absolute atomic E-state index is 0.151. The molecule has 0 saturated heterocycles. The lowest BCUT2D eigenvalue weighted by atomic mass is 10.2. The standard InChI is InChI=1S/C20H25ClN2O5S/c1-27-14-15-6-4-7-16(12-15)22-20(24)8-5-11-23(29(3,25)26)17-9-10-19(28-2)18(21)13-17/h4,6-7,9-10,12-13H,5,8,11,14H2,1-3H3,(H,22,24). The van der Waals surface area contributed by atoms with Gasteiger partial charge in [-0.15, -0.1) is 0 Å². The highest BCUT2D eigenvalue weighted by Gasteiger charge is 2.19. The zero-order chi connectivity index (χ0) is 21.4. The molecule has 0 saturated carbocycles. The number of ether oxygens (including phenoxy) is 2. The summed E-state index contributed by atoms with van der Waals surface area (Å²) in [7, 11) is -0.444. The van der Waals surface area contributed by atoms with Crippen molar-refractivity contribution in [1.82, 2.24) is 0 Å². The Morgan fingerprint density at radius 3 is 2.55 bits per heavy atom. The van der Waals surface area contributed by atoms with Gasteiger partial charge in [0.05, 0.1) is 30.7 Å². The van der Waals surface area contributed by atoms with E-state index in [1.54, 1.807) is 25.3 Å². The molecule has 0 unspecified atom stereocenters. The van der Waals surface area contributed by atoms with Crippen LogP contribution in [-0.4, -0.2) is 41.3 Å². The molecule has 1 amide bonds. The molecule has 0 aliphatic heterocycles. The van der Waals surface area contributed by atoms with Crippen molar-refractivity contribution in [3.63, 3.8) is 0 Å². The summed E-state index contributed by atoms with van der Waals surface area (Å²) in [5.41, 5.74) is 2.04. The number of halogens is 1. The van der Waals surface area contributed by atoms with E-state index in [0.717, 1.165) is 11.8 Å². The Hall–Kier alpha value is -2.29. The summed E-state index contributed by atoms with van der Waals surface area (Å²) in [4.78, 5) is 12.2. The van der Waals surface area contributed by atoms with E-state index in [0.29, 0.717) is 35.2 Å². The molecule has 9 heteroatoms. The number of nitrogens with one attached hydrogen (secondary N) is 1. The van der Waals surface area contributed by atoms with E-state index < -0.39 is 10.0 Å². The van der Waals surface area contributed by atoms with Gasteiger partial charge in [0.25, 0.3) is 0 Å². The van der Waals surface area contributed by atoms with Crippen LogP contribution in [0.15, 0.2) is 42.5 Å². The predicted octanol–water partition coefficient (Wildman–Crippen LogP) is 3.68. The van der Waals surface area contributed by atoms with E-state index in [1.165, 1.54) is 17.5 Å². The van der Waals surface area contributed by atoms with E-state index >= 15 is 0 Å². The van der Waals surface area contributed by atoms with Crippen molar-refractivity contribution >= 4 is 38.9 Å². The van der Waals surface area contributed by atoms with Gasteiger partial charge in [0.2, 0.25) is 15.9 Å². The first-order chi connectivity index (χ1) is 13.7. The van der Waals surface area contributed by atoms with Gasteiger partial charge >= 0.3 is 0 Å². The number of rotatable bonds is 10. The van der Waals surface area contributed by atoms with Crippen LogP contribution < -0.4 is 14.4 Å². The highest BCUT2D eigenvalue weighted by atomic mass is 35.5. The fourth-order valence-corrected chi connectivity index (χ4v) is 4.02. The first-order valence-corrected chi connectivity index (χ1v) is 11.2. The zero-order valence-electron chi connectivity index (χ0n) is 16.6. The quantitative estimate of drug-likeness (QED) is 0.609. The minimum atomic E-state index is -3.53. The monoisotopic (exact) mass is 440 g/mol. The summed E-state index contributed by atoms with van der Waals surface area (Å²) in [6, 6.07) is 12.1. The summed E-state index contributed by atoms with van der Waals surface area (Å²) in [6.45, 7) is 0.607. The number of amides is 1. The van der Waals surface area contributed by atoms with Crippen LogP contribution in [0.25, 0.3) is 0 Å². The number of hydrogen-bond donors (Lipinski definition) is 1. The number of anilines is 2. The molecule has 0 spiro atoms. The van der Waals surface area contributed by atoms with E-state index in [4.69, 9.17) is 21.1 Å². The number of sulfonamides is 1. The molecule has 0 atom stereocenters. The van der Waals surface area contributed by atoms with E-state index in [2.05, 4.69) is 5.32 Å². The van der Waals surface area contributed by atoms with Crippen molar-refractivity contribution < 1.29 is 22.7 Å². The number of hydrogen-bond acceptors (Lipinski definition) is 5. The predicted molar refractivity (Wildman–Crippen MR) is 115 cm³/mol. The molecule has 158 valence electrons. The average Bonchev–Trinajstić information content (AvgIpc) is 2.65. The van der Waals surface area contributed by atoms with Crippen LogP contribution in [0.4, 0.5) is 11.4 Å². The number of methoxy groups -OCH3 is 2. The van der Waals surface area contributed by atoms with Gasteiger partial charge < -0.3 is 14.8 Å². The second-order valence-electron chi connectivity index (χ2n) is 6.44. The molecule has 7 nitrogen and oxygen atoms in total. The molecular weight excluding hydrogens is 416 g/mol. The summed E-state index contributed by atoms with van der Waals surface area (Å²) < 4.78 is 35.8. The first kappa shape index (κ1) is 23.0. The fourth-order valence-electron chi connectivity index (χ4n) is 2.81. The normalized spacial score (nSPS) is 11.2. The third-order valence-corrected chi connectivity index (χ3v) is 5.60. The molecule has 0 bridgehead atoms. The summed E-state index contributed by atoms with van der Waals surface area (Å²) in [5, 5.41) is 3.13. The topological polar surface area (TPSA) is 84.9 Å². The molecule has 0 aliphatic carbocycles.